The molecule has 36 heavy (non-hydrogen) atoms. The van der Waals surface area contributed by atoms with Gasteiger partial charge in [0.05, 0.1) is 30.7 Å². The molecule has 0 spiro atoms. The van der Waals surface area contributed by atoms with Crippen molar-refractivity contribution in [3.8, 4) is 11.3 Å². The molecule has 1 aromatic carbocycles. The average Bonchev–Trinajstić information content (AvgIpc) is 2.78. The molecule has 2 fully saturated rings. The van der Waals surface area contributed by atoms with Crippen molar-refractivity contribution in [1.29, 1.82) is 0 Å². The van der Waals surface area contributed by atoms with Crippen LogP contribution in [0.3, 0.4) is 0 Å². The zero-order valence-electron chi connectivity index (χ0n) is 19.8. The fourth-order valence-corrected chi connectivity index (χ4v) is 5.19. The monoisotopic (exact) mass is 496 g/mol. The number of carbonyl (C=O) groups is 1. The fourth-order valence-electron chi connectivity index (χ4n) is 5.19. The molecular weight excluding hydrogens is 469 g/mol. The minimum atomic E-state index is -0.946. The van der Waals surface area contributed by atoms with Gasteiger partial charge in [0, 0.05) is 18.2 Å². The van der Waals surface area contributed by atoms with E-state index in [1.54, 1.807) is 12.4 Å². The number of anilines is 1. The lowest BCUT2D eigenvalue weighted by molar-refractivity contribution is 0.00822. The van der Waals surface area contributed by atoms with Gasteiger partial charge in [-0.15, -0.1) is 0 Å². The van der Waals surface area contributed by atoms with Crippen molar-refractivity contribution in [1.82, 2.24) is 9.97 Å². The minimum absolute atomic E-state index is 0.0739. The Labute approximate surface area is 207 Å². The molecule has 1 saturated heterocycles. The summed E-state index contributed by atoms with van der Waals surface area (Å²) >= 11 is 0. The van der Waals surface area contributed by atoms with Crippen LogP contribution in [0.25, 0.3) is 11.3 Å². The summed E-state index contributed by atoms with van der Waals surface area (Å²) in [6.45, 7) is 2.91. The maximum absolute atomic E-state index is 14.9. The Hall–Kier alpha value is -3.30. The van der Waals surface area contributed by atoms with E-state index in [-0.39, 0.29) is 23.6 Å². The third kappa shape index (κ3) is 4.85. The first kappa shape index (κ1) is 24.4. The van der Waals surface area contributed by atoms with E-state index in [1.807, 2.05) is 6.07 Å². The van der Waals surface area contributed by atoms with E-state index >= 15 is 0 Å². The maximum atomic E-state index is 14.9. The molecule has 0 bridgehead atoms. The van der Waals surface area contributed by atoms with Gasteiger partial charge in [-0.05, 0) is 72.6 Å². The molecule has 2 aromatic heterocycles. The molecular formula is C27H27F3N4O2. The molecule has 1 aliphatic carbocycles. The summed E-state index contributed by atoms with van der Waals surface area (Å²) < 4.78 is 49.5. The lowest BCUT2D eigenvalue weighted by Gasteiger charge is -2.32. The van der Waals surface area contributed by atoms with Crippen LogP contribution in [0, 0.1) is 23.4 Å². The molecule has 3 atom stereocenters. The van der Waals surface area contributed by atoms with Crippen LogP contribution >= 0.6 is 0 Å². The van der Waals surface area contributed by atoms with Crippen LogP contribution in [0.2, 0.25) is 0 Å². The Morgan fingerprint density at radius 1 is 1.03 bits per heavy atom. The van der Waals surface area contributed by atoms with E-state index in [0.717, 1.165) is 43.0 Å². The second-order valence-corrected chi connectivity index (χ2v) is 9.81. The predicted molar refractivity (Wildman–Crippen MR) is 129 cm³/mol. The summed E-state index contributed by atoms with van der Waals surface area (Å²) in [5.41, 5.74) is 6.73. The molecule has 0 unspecified atom stereocenters. The lowest BCUT2D eigenvalue weighted by atomic mass is 9.76. The first-order valence-corrected chi connectivity index (χ1v) is 12.0. The summed E-state index contributed by atoms with van der Waals surface area (Å²) in [6.07, 6.45) is 5.88. The smallest absolute Gasteiger partial charge is 0.274 e. The third-order valence-electron chi connectivity index (χ3n) is 7.01. The Balaban J connectivity index is 1.43. The number of halogens is 3. The highest BCUT2D eigenvalue weighted by molar-refractivity contribution is 6.03. The summed E-state index contributed by atoms with van der Waals surface area (Å²) in [7, 11) is 0. The van der Waals surface area contributed by atoms with Gasteiger partial charge in [-0.1, -0.05) is 6.92 Å². The molecule has 3 N–H and O–H groups in total. The van der Waals surface area contributed by atoms with E-state index in [1.165, 1.54) is 6.07 Å². The zero-order valence-corrected chi connectivity index (χ0v) is 19.8. The summed E-state index contributed by atoms with van der Waals surface area (Å²) in [5, 5.41) is 2.79. The van der Waals surface area contributed by atoms with E-state index in [2.05, 4.69) is 22.2 Å². The Kier molecular flexibility index (Phi) is 6.77. The van der Waals surface area contributed by atoms with Gasteiger partial charge in [-0.3, -0.25) is 9.78 Å². The molecule has 6 nitrogen and oxygen atoms in total. The predicted octanol–water partition coefficient (Wildman–Crippen LogP) is 5.16. The van der Waals surface area contributed by atoms with Crippen molar-refractivity contribution < 1.29 is 22.7 Å². The van der Waals surface area contributed by atoms with Gasteiger partial charge in [0.1, 0.15) is 28.8 Å². The first-order chi connectivity index (χ1) is 17.3. The van der Waals surface area contributed by atoms with Crippen molar-refractivity contribution in [3.63, 3.8) is 0 Å². The fraction of sp³-hybridized carbons (Fsp3) is 0.370. The summed E-state index contributed by atoms with van der Waals surface area (Å²) in [4.78, 5) is 21.2. The number of hydrogen-bond donors (Lipinski definition) is 2. The van der Waals surface area contributed by atoms with Crippen molar-refractivity contribution in [3.05, 3.63) is 77.0 Å². The second-order valence-electron chi connectivity index (χ2n) is 9.81. The quantitative estimate of drug-likeness (QED) is 0.510. The highest BCUT2D eigenvalue weighted by atomic mass is 19.1. The van der Waals surface area contributed by atoms with Gasteiger partial charge in [0.2, 0.25) is 0 Å². The van der Waals surface area contributed by atoms with Gasteiger partial charge >= 0.3 is 0 Å². The Morgan fingerprint density at radius 3 is 2.44 bits per heavy atom. The number of nitrogens with zero attached hydrogens (tertiary/aromatic N) is 2. The molecule has 3 aromatic rings. The molecule has 2 aliphatic rings. The molecule has 1 amide bonds. The van der Waals surface area contributed by atoms with Crippen LogP contribution in [0.1, 0.15) is 59.6 Å². The number of aromatic nitrogens is 2. The van der Waals surface area contributed by atoms with Gasteiger partial charge in [0.15, 0.2) is 0 Å². The van der Waals surface area contributed by atoms with Crippen LogP contribution in [0.15, 0.2) is 42.7 Å². The van der Waals surface area contributed by atoms with Crippen LogP contribution < -0.4 is 11.1 Å². The number of carbonyl (C=O) groups excluding carboxylic acids is 1. The van der Waals surface area contributed by atoms with Crippen LogP contribution in [0.4, 0.5) is 18.9 Å². The Bertz CT molecular complexity index is 1260. The van der Waals surface area contributed by atoms with E-state index < -0.39 is 34.6 Å². The van der Waals surface area contributed by atoms with Crippen molar-refractivity contribution in [2.75, 3.05) is 18.5 Å². The lowest BCUT2D eigenvalue weighted by Crippen LogP contribution is -2.31. The Morgan fingerprint density at radius 2 is 1.78 bits per heavy atom. The van der Waals surface area contributed by atoms with Crippen molar-refractivity contribution >= 4 is 11.6 Å². The number of nitrogens with two attached hydrogens (primary N) is 1. The number of benzene rings is 1. The molecule has 188 valence electrons. The number of pyridine rings is 2. The molecule has 5 rings (SSSR count). The molecule has 0 radical (unpaired) electrons. The minimum Gasteiger partial charge on any atom is -0.380 e. The molecule has 1 saturated carbocycles. The number of rotatable bonds is 5. The second kappa shape index (κ2) is 9.99. The van der Waals surface area contributed by atoms with Crippen molar-refractivity contribution in [2.45, 2.75) is 44.1 Å². The van der Waals surface area contributed by atoms with E-state index in [9.17, 15) is 18.0 Å². The zero-order chi connectivity index (χ0) is 25.4. The van der Waals surface area contributed by atoms with Crippen LogP contribution in [-0.4, -0.2) is 35.1 Å². The number of nitrogens with one attached hydrogen (secondary N) is 1. The van der Waals surface area contributed by atoms with Gasteiger partial charge in [0.25, 0.3) is 5.91 Å². The highest BCUT2D eigenvalue weighted by Gasteiger charge is 2.28. The number of ether oxygens (including phenoxy) is 1. The van der Waals surface area contributed by atoms with Gasteiger partial charge in [-0.25, -0.2) is 18.2 Å². The SMILES string of the molecule is C[C@@H]1C[C@@H](N)C[C@H](c2ccncc2NC(=O)c2ccc(F)c(-c3c(F)cc(C4COC4)cc3F)n2)C1. The molecule has 9 heteroatoms. The average molecular weight is 497 g/mol. The maximum Gasteiger partial charge on any atom is 0.274 e. The largest absolute Gasteiger partial charge is 0.380 e. The van der Waals surface area contributed by atoms with Crippen LogP contribution in [0.5, 0.6) is 0 Å². The first-order valence-electron chi connectivity index (χ1n) is 12.0. The third-order valence-corrected chi connectivity index (χ3v) is 7.01. The van der Waals surface area contributed by atoms with Crippen molar-refractivity contribution in [2.24, 2.45) is 11.7 Å². The standard InChI is InChI=1S/C27H27F3N4O2/c1-14-6-16(8-18(31)7-14)19-4-5-32-11-24(19)34-27(35)23-3-2-20(28)26(33-23)25-21(29)9-15(10-22(25)30)17-12-36-13-17/h2-5,9-11,14,16-18H,6-8,12-13,31H2,1H3,(H,34,35)/t14-,16+,18+/m0/s1. The van der Waals surface area contributed by atoms with Crippen LogP contribution in [-0.2, 0) is 4.74 Å². The van der Waals surface area contributed by atoms with Gasteiger partial charge < -0.3 is 15.8 Å². The number of amides is 1. The van der Waals surface area contributed by atoms with E-state index in [4.69, 9.17) is 10.5 Å². The highest BCUT2D eigenvalue weighted by Crippen LogP contribution is 2.38. The summed E-state index contributed by atoms with van der Waals surface area (Å²) in [6, 6.07) is 6.42. The number of hydrogen-bond acceptors (Lipinski definition) is 5. The molecule has 3 heterocycles. The molecule has 1 aliphatic heterocycles. The van der Waals surface area contributed by atoms with E-state index in [0.29, 0.717) is 30.4 Å². The van der Waals surface area contributed by atoms with Gasteiger partial charge in [-0.2, -0.15) is 0 Å². The normalized spacial score (nSPS) is 22.2. The summed E-state index contributed by atoms with van der Waals surface area (Å²) in [5.74, 6) is -2.96. The topological polar surface area (TPSA) is 90.1 Å².